The highest BCUT2D eigenvalue weighted by Crippen LogP contribution is 2.38. The first kappa shape index (κ1) is 70.1. The summed E-state index contributed by atoms with van der Waals surface area (Å²) in [5.74, 6) is -0.875. The van der Waals surface area contributed by atoms with Gasteiger partial charge in [0, 0.05) is 12.8 Å². The van der Waals surface area contributed by atoms with Crippen molar-refractivity contribution in [3.8, 4) is 0 Å². The van der Waals surface area contributed by atoms with Crippen molar-refractivity contribution in [1.82, 2.24) is 0 Å². The molecular weight excluding hydrogens is 942 g/mol. The highest BCUT2D eigenvalue weighted by atomic mass is 31.2. The summed E-state index contributed by atoms with van der Waals surface area (Å²) in [5.41, 5.74) is 0. The van der Waals surface area contributed by atoms with Gasteiger partial charge in [-0.25, -0.2) is 0 Å². The third kappa shape index (κ3) is 57.4. The Kier molecular flexibility index (Phi) is 51.2. The van der Waals surface area contributed by atoms with Crippen LogP contribution in [0.25, 0.3) is 0 Å². The van der Waals surface area contributed by atoms with Gasteiger partial charge in [0.2, 0.25) is 0 Å². The van der Waals surface area contributed by atoms with Crippen molar-refractivity contribution >= 4 is 19.8 Å². The SMILES string of the molecule is CC/C=C\C/C=C\C/C=C\C/C=C\C/C=C\C/C=C\C/C=C\C/C=C\C/C=C\CCCCCCCC(=O)OC(COC(=O)CCCCCCCCC/C=C\C/C=C\CCCCC)COP(=O)([O-])OCC[N+](C)(C)C. The van der Waals surface area contributed by atoms with Crippen molar-refractivity contribution in [2.75, 3.05) is 47.5 Å². The summed E-state index contributed by atoms with van der Waals surface area (Å²) < 4.78 is 34.1. The van der Waals surface area contributed by atoms with Gasteiger partial charge in [-0.3, -0.25) is 14.2 Å². The third-order valence-electron chi connectivity index (χ3n) is 11.7. The lowest BCUT2D eigenvalue weighted by Crippen LogP contribution is -2.37. The maximum Gasteiger partial charge on any atom is 0.306 e. The van der Waals surface area contributed by atoms with Crippen LogP contribution in [0.3, 0.4) is 0 Å². The first-order valence-electron chi connectivity index (χ1n) is 28.9. The van der Waals surface area contributed by atoms with E-state index in [-0.39, 0.29) is 26.1 Å². The number of phosphoric ester groups is 1. The van der Waals surface area contributed by atoms with Crippen molar-refractivity contribution in [3.63, 3.8) is 0 Å². The summed E-state index contributed by atoms with van der Waals surface area (Å²) in [5, 5.41) is 0. The van der Waals surface area contributed by atoms with E-state index in [2.05, 4.69) is 148 Å². The number of esters is 2. The summed E-state index contributed by atoms with van der Waals surface area (Å²) in [6.45, 7) is 4.04. The second-order valence-corrected chi connectivity index (χ2v) is 21.3. The first-order valence-corrected chi connectivity index (χ1v) is 30.4. The fourth-order valence-electron chi connectivity index (χ4n) is 7.21. The number of allylic oxidation sites excluding steroid dienone is 22. The number of likely N-dealkylation sites (N-methyl/N-ethyl adjacent to an activating group) is 1. The average molecular weight is 1050 g/mol. The van der Waals surface area contributed by atoms with Crippen LogP contribution < -0.4 is 4.89 Å². The van der Waals surface area contributed by atoms with E-state index < -0.39 is 32.5 Å². The number of phosphoric acid groups is 1. The molecule has 0 amide bonds. The van der Waals surface area contributed by atoms with Crippen molar-refractivity contribution in [3.05, 3.63) is 134 Å². The van der Waals surface area contributed by atoms with Crippen LogP contribution in [0.15, 0.2) is 134 Å². The predicted molar refractivity (Wildman–Crippen MR) is 314 cm³/mol. The molecule has 0 saturated carbocycles. The summed E-state index contributed by atoms with van der Waals surface area (Å²) in [7, 11) is 1.13. The van der Waals surface area contributed by atoms with Crippen molar-refractivity contribution < 1.29 is 42.1 Å². The van der Waals surface area contributed by atoms with E-state index in [9.17, 15) is 19.0 Å². The molecule has 0 aromatic carbocycles. The van der Waals surface area contributed by atoms with Gasteiger partial charge in [0.15, 0.2) is 6.10 Å². The smallest absolute Gasteiger partial charge is 0.306 e. The van der Waals surface area contributed by atoms with E-state index in [1.54, 1.807) is 0 Å². The minimum Gasteiger partial charge on any atom is -0.756 e. The van der Waals surface area contributed by atoms with Crippen LogP contribution in [0, 0.1) is 0 Å². The Bertz CT molecular complexity index is 1710. The predicted octanol–water partition coefficient (Wildman–Crippen LogP) is 17.5. The maximum atomic E-state index is 12.8. The first-order chi connectivity index (χ1) is 36.0. The Balaban J connectivity index is 4.26. The van der Waals surface area contributed by atoms with Gasteiger partial charge in [-0.15, -0.1) is 0 Å². The molecule has 0 radical (unpaired) electrons. The van der Waals surface area contributed by atoms with Crippen molar-refractivity contribution in [2.24, 2.45) is 0 Å². The number of ether oxygens (including phenoxy) is 2. The molecule has 9 nitrogen and oxygen atoms in total. The number of unbranched alkanes of at least 4 members (excludes halogenated alkanes) is 15. The van der Waals surface area contributed by atoms with Gasteiger partial charge >= 0.3 is 11.9 Å². The normalized spacial score (nSPS) is 14.3. The van der Waals surface area contributed by atoms with E-state index in [1.807, 2.05) is 21.1 Å². The van der Waals surface area contributed by atoms with Gasteiger partial charge in [-0.2, -0.15) is 0 Å². The van der Waals surface area contributed by atoms with Crippen LogP contribution in [0.1, 0.15) is 206 Å². The van der Waals surface area contributed by atoms with Gasteiger partial charge in [0.05, 0.1) is 27.7 Å². The topological polar surface area (TPSA) is 111 Å². The highest BCUT2D eigenvalue weighted by molar-refractivity contribution is 7.45. The molecule has 0 aromatic rings. The van der Waals surface area contributed by atoms with E-state index in [0.29, 0.717) is 23.9 Å². The number of nitrogens with zero attached hydrogens (tertiary/aromatic N) is 1. The molecule has 74 heavy (non-hydrogen) atoms. The summed E-state index contributed by atoms with van der Waals surface area (Å²) in [6, 6.07) is 0. The monoisotopic (exact) mass is 1050 g/mol. The minimum atomic E-state index is -4.65. The molecule has 420 valence electrons. The summed E-state index contributed by atoms with van der Waals surface area (Å²) >= 11 is 0. The number of hydrogen-bond acceptors (Lipinski definition) is 8. The maximum absolute atomic E-state index is 12.8. The van der Waals surface area contributed by atoms with Crippen LogP contribution in [-0.4, -0.2) is 70.0 Å². The van der Waals surface area contributed by atoms with E-state index in [1.165, 1.54) is 44.9 Å². The van der Waals surface area contributed by atoms with Crippen molar-refractivity contribution in [1.29, 1.82) is 0 Å². The zero-order chi connectivity index (χ0) is 54.2. The molecule has 0 rings (SSSR count). The molecule has 0 aliphatic carbocycles. The molecule has 0 aliphatic rings. The molecule has 10 heteroatoms. The second kappa shape index (κ2) is 54.0. The molecule has 0 heterocycles. The lowest BCUT2D eigenvalue weighted by molar-refractivity contribution is -0.870. The lowest BCUT2D eigenvalue weighted by atomic mass is 10.1. The number of quaternary nitrogens is 1. The molecule has 0 saturated heterocycles. The zero-order valence-corrected chi connectivity index (χ0v) is 48.4. The van der Waals surface area contributed by atoms with Gasteiger partial charge < -0.3 is 27.9 Å². The van der Waals surface area contributed by atoms with Gasteiger partial charge in [-0.1, -0.05) is 212 Å². The number of carbonyl (C=O) groups is 2. The molecule has 0 fully saturated rings. The molecular formula is C64H106NO8P. The van der Waals surface area contributed by atoms with Crippen LogP contribution >= 0.6 is 7.82 Å². The molecule has 2 atom stereocenters. The Hall–Kier alpha value is -3.85. The molecule has 0 aliphatic heterocycles. The Morgan fingerprint density at radius 1 is 0.432 bits per heavy atom. The largest absolute Gasteiger partial charge is 0.756 e. The molecule has 0 aromatic heterocycles. The number of hydrogen-bond donors (Lipinski definition) is 0. The van der Waals surface area contributed by atoms with Gasteiger partial charge in [0.25, 0.3) is 7.82 Å². The average Bonchev–Trinajstić information content (AvgIpc) is 3.36. The van der Waals surface area contributed by atoms with Crippen molar-refractivity contribution in [2.45, 2.75) is 213 Å². The van der Waals surface area contributed by atoms with Gasteiger partial charge in [0.1, 0.15) is 19.8 Å². The Morgan fingerprint density at radius 3 is 1.15 bits per heavy atom. The quantitative estimate of drug-likeness (QED) is 0.0195. The zero-order valence-electron chi connectivity index (χ0n) is 47.5. The molecule has 0 bridgehead atoms. The van der Waals surface area contributed by atoms with Crippen LogP contribution in [0.4, 0.5) is 0 Å². The summed E-state index contributed by atoms with van der Waals surface area (Å²) in [4.78, 5) is 37.8. The lowest BCUT2D eigenvalue weighted by Gasteiger charge is -2.28. The Labute approximate surface area is 453 Å². The molecule has 0 spiro atoms. The fourth-order valence-corrected chi connectivity index (χ4v) is 7.93. The number of rotatable bonds is 51. The van der Waals surface area contributed by atoms with E-state index in [4.69, 9.17) is 18.5 Å². The van der Waals surface area contributed by atoms with E-state index in [0.717, 1.165) is 122 Å². The fraction of sp³-hybridized carbons (Fsp3) is 0.625. The molecule has 0 N–H and O–H groups in total. The Morgan fingerprint density at radius 2 is 0.770 bits per heavy atom. The van der Waals surface area contributed by atoms with Crippen LogP contribution in [0.2, 0.25) is 0 Å². The third-order valence-corrected chi connectivity index (χ3v) is 12.6. The standard InChI is InChI=1S/C64H106NO8P/c1-6-8-10-12-14-16-18-20-22-24-25-26-27-28-29-30-31-32-33-34-35-36-37-38-39-41-43-45-47-49-51-53-55-57-64(67)73-62(61-72-74(68,69)71-59-58-65(3,4)5)60-70-63(66)56-54-52-50-48-46-44-42-40-23-21-19-17-15-13-11-9-7-2/h8,10,14-17,20-23,25-26,28-29,31-32,34-35,37-38,41,43,62H,6-7,9,11-13,18-19,24,27,30,33,36,39-40,42,44-61H2,1-5H3/b10-8-,16-14-,17-15-,22-20-,23-21-,26-25-,29-28-,32-31-,35-34-,38-37-,43-41-. The number of carbonyl (C=O) groups excluding carboxylic acids is 2. The second-order valence-electron chi connectivity index (χ2n) is 19.9. The van der Waals surface area contributed by atoms with Gasteiger partial charge in [-0.05, 0) is 116 Å². The van der Waals surface area contributed by atoms with Crippen LogP contribution in [-0.2, 0) is 32.7 Å². The van der Waals surface area contributed by atoms with E-state index >= 15 is 0 Å². The molecule has 2 unspecified atom stereocenters. The highest BCUT2D eigenvalue weighted by Gasteiger charge is 2.21. The van der Waals surface area contributed by atoms with Crippen LogP contribution in [0.5, 0.6) is 0 Å². The minimum absolute atomic E-state index is 0.0438. The summed E-state index contributed by atoms with van der Waals surface area (Å²) in [6.07, 6.45) is 77.8.